The topological polar surface area (TPSA) is 46.2 Å². The zero-order valence-corrected chi connectivity index (χ0v) is 7.55. The minimum atomic E-state index is -0.277. The lowest BCUT2D eigenvalue weighted by Gasteiger charge is -1.98. The third-order valence-electron chi connectivity index (χ3n) is 1.22. The fourth-order valence-electron chi connectivity index (χ4n) is 0.501. The summed E-state index contributed by atoms with van der Waals surface area (Å²) in [5.41, 5.74) is 0.771. The van der Waals surface area contributed by atoms with Crippen molar-refractivity contribution >= 4 is 11.7 Å². The van der Waals surface area contributed by atoms with Gasteiger partial charge in [-0.3, -0.25) is 9.59 Å². The summed E-state index contributed by atoms with van der Waals surface area (Å²) in [6, 6.07) is 0. The van der Waals surface area contributed by atoms with Gasteiger partial charge in [0.2, 0.25) is 5.91 Å². The second-order valence-corrected chi connectivity index (χ2v) is 2.40. The molecule has 0 radical (unpaired) electrons. The molecule has 0 saturated heterocycles. The first kappa shape index (κ1) is 10.6. The molecule has 0 saturated carbocycles. The molecule has 0 aliphatic carbocycles. The molecular formula is C9H13NO2. The highest BCUT2D eigenvalue weighted by molar-refractivity contribution is 5.97. The Balaban J connectivity index is 3.99. The molecule has 12 heavy (non-hydrogen) atoms. The molecule has 0 spiro atoms. The first-order valence-electron chi connectivity index (χ1n) is 3.68. The quantitative estimate of drug-likeness (QED) is 0.641. The van der Waals surface area contributed by atoms with Gasteiger partial charge in [0.25, 0.3) is 0 Å². The minimum absolute atomic E-state index is 0.136. The summed E-state index contributed by atoms with van der Waals surface area (Å²) < 4.78 is 0. The Hall–Kier alpha value is -1.38. The molecule has 0 aromatic carbocycles. The normalized spacial score (nSPS) is 11.8. The average molecular weight is 167 g/mol. The molecule has 3 heteroatoms. The van der Waals surface area contributed by atoms with Gasteiger partial charge in [-0.05, 0) is 26.8 Å². The van der Waals surface area contributed by atoms with E-state index in [9.17, 15) is 9.59 Å². The van der Waals surface area contributed by atoms with Gasteiger partial charge in [-0.2, -0.15) is 0 Å². The molecule has 1 amide bonds. The van der Waals surface area contributed by atoms with Gasteiger partial charge in [0.05, 0.1) is 0 Å². The van der Waals surface area contributed by atoms with E-state index in [1.807, 2.05) is 6.92 Å². The first-order chi connectivity index (χ1) is 5.56. The molecule has 1 N–H and O–H groups in total. The lowest BCUT2D eigenvalue weighted by atomic mass is 10.3. The molecule has 0 fully saturated rings. The molecule has 0 aromatic rings. The number of carbonyl (C=O) groups is 2. The molecule has 66 valence electrons. The van der Waals surface area contributed by atoms with E-state index in [0.717, 1.165) is 5.70 Å². The standard InChI is InChI=1S/C9H13NO2/c1-4-7(2)10-9(12)6-5-8(3)11/h4-6H,1-3H3,(H,10,12)/b6-5-,7-4+. The van der Waals surface area contributed by atoms with Crippen LogP contribution in [-0.4, -0.2) is 11.7 Å². The van der Waals surface area contributed by atoms with Crippen LogP contribution in [0.2, 0.25) is 0 Å². The van der Waals surface area contributed by atoms with Crippen LogP contribution in [0.4, 0.5) is 0 Å². The summed E-state index contributed by atoms with van der Waals surface area (Å²) >= 11 is 0. The van der Waals surface area contributed by atoms with Crippen molar-refractivity contribution in [2.24, 2.45) is 0 Å². The molecular weight excluding hydrogens is 154 g/mol. The largest absolute Gasteiger partial charge is 0.327 e. The Morgan fingerprint density at radius 3 is 2.17 bits per heavy atom. The molecule has 0 bridgehead atoms. The van der Waals surface area contributed by atoms with Gasteiger partial charge in [-0.1, -0.05) is 6.08 Å². The summed E-state index contributed by atoms with van der Waals surface area (Å²) in [4.78, 5) is 21.3. The van der Waals surface area contributed by atoms with Gasteiger partial charge in [0.15, 0.2) is 5.78 Å². The molecule has 0 heterocycles. The van der Waals surface area contributed by atoms with Crippen molar-refractivity contribution in [3.05, 3.63) is 23.9 Å². The van der Waals surface area contributed by atoms with Crippen molar-refractivity contribution in [2.45, 2.75) is 20.8 Å². The third-order valence-corrected chi connectivity index (χ3v) is 1.22. The molecule has 0 aliphatic heterocycles. The summed E-state index contributed by atoms with van der Waals surface area (Å²) in [5, 5.41) is 2.57. The SMILES string of the molecule is C/C=C(\C)NC(=O)/C=C\C(C)=O. The Morgan fingerprint density at radius 1 is 1.17 bits per heavy atom. The Bertz CT molecular complexity index is 239. The van der Waals surface area contributed by atoms with Crippen LogP contribution in [0.1, 0.15) is 20.8 Å². The monoisotopic (exact) mass is 167 g/mol. The van der Waals surface area contributed by atoms with Crippen molar-refractivity contribution in [3.8, 4) is 0 Å². The van der Waals surface area contributed by atoms with Crippen molar-refractivity contribution in [3.63, 3.8) is 0 Å². The van der Waals surface area contributed by atoms with Crippen LogP contribution in [0.15, 0.2) is 23.9 Å². The number of carbonyl (C=O) groups excluding carboxylic acids is 2. The number of hydrogen-bond donors (Lipinski definition) is 1. The van der Waals surface area contributed by atoms with Gasteiger partial charge >= 0.3 is 0 Å². The predicted octanol–water partition coefficient (Wildman–Crippen LogP) is 1.17. The fraction of sp³-hybridized carbons (Fsp3) is 0.333. The summed E-state index contributed by atoms with van der Waals surface area (Å²) in [6.45, 7) is 5.00. The van der Waals surface area contributed by atoms with Crippen molar-refractivity contribution < 1.29 is 9.59 Å². The van der Waals surface area contributed by atoms with Crippen LogP contribution in [0, 0.1) is 0 Å². The van der Waals surface area contributed by atoms with Crippen molar-refractivity contribution in [2.75, 3.05) is 0 Å². The number of ketones is 1. The van der Waals surface area contributed by atoms with Gasteiger partial charge in [-0.15, -0.1) is 0 Å². The van der Waals surface area contributed by atoms with Crippen LogP contribution < -0.4 is 5.32 Å². The van der Waals surface area contributed by atoms with Crippen LogP contribution >= 0.6 is 0 Å². The summed E-state index contributed by atoms with van der Waals surface area (Å²) in [5.74, 6) is -0.413. The maximum absolute atomic E-state index is 10.9. The average Bonchev–Trinajstić information content (AvgIpc) is 2.00. The molecule has 3 nitrogen and oxygen atoms in total. The lowest BCUT2D eigenvalue weighted by molar-refractivity contribution is -0.117. The van der Waals surface area contributed by atoms with Crippen molar-refractivity contribution in [1.82, 2.24) is 5.32 Å². The lowest BCUT2D eigenvalue weighted by Crippen LogP contribution is -2.18. The predicted molar refractivity (Wildman–Crippen MR) is 47.4 cm³/mol. The fourth-order valence-corrected chi connectivity index (χ4v) is 0.501. The van der Waals surface area contributed by atoms with Crippen LogP contribution in [0.25, 0.3) is 0 Å². The zero-order chi connectivity index (χ0) is 9.56. The van der Waals surface area contributed by atoms with Crippen LogP contribution in [-0.2, 0) is 9.59 Å². The maximum Gasteiger partial charge on any atom is 0.248 e. The third kappa shape index (κ3) is 5.41. The Morgan fingerprint density at radius 2 is 1.75 bits per heavy atom. The smallest absolute Gasteiger partial charge is 0.248 e. The summed E-state index contributed by atoms with van der Waals surface area (Å²) in [7, 11) is 0. The highest BCUT2D eigenvalue weighted by atomic mass is 16.1. The van der Waals surface area contributed by atoms with Gasteiger partial charge in [0.1, 0.15) is 0 Å². The van der Waals surface area contributed by atoms with E-state index in [4.69, 9.17) is 0 Å². The van der Waals surface area contributed by atoms with E-state index in [2.05, 4.69) is 5.32 Å². The van der Waals surface area contributed by atoms with E-state index in [0.29, 0.717) is 0 Å². The molecule has 0 aliphatic rings. The first-order valence-corrected chi connectivity index (χ1v) is 3.68. The second-order valence-electron chi connectivity index (χ2n) is 2.40. The number of hydrogen-bond acceptors (Lipinski definition) is 2. The summed E-state index contributed by atoms with van der Waals surface area (Å²) in [6.07, 6.45) is 4.23. The number of rotatable bonds is 3. The molecule has 0 rings (SSSR count). The van der Waals surface area contributed by atoms with E-state index in [1.54, 1.807) is 13.0 Å². The highest BCUT2D eigenvalue weighted by Gasteiger charge is 1.94. The number of amides is 1. The maximum atomic E-state index is 10.9. The van der Waals surface area contributed by atoms with Crippen LogP contribution in [0.3, 0.4) is 0 Å². The van der Waals surface area contributed by atoms with Gasteiger partial charge in [0, 0.05) is 11.8 Å². The van der Waals surface area contributed by atoms with Gasteiger partial charge in [-0.25, -0.2) is 0 Å². The Kier molecular flexibility index (Phi) is 4.69. The van der Waals surface area contributed by atoms with Gasteiger partial charge < -0.3 is 5.32 Å². The highest BCUT2D eigenvalue weighted by Crippen LogP contribution is 1.85. The second kappa shape index (κ2) is 5.29. The minimum Gasteiger partial charge on any atom is -0.327 e. The van der Waals surface area contributed by atoms with Crippen molar-refractivity contribution in [1.29, 1.82) is 0 Å². The molecule has 0 atom stereocenters. The zero-order valence-electron chi connectivity index (χ0n) is 7.55. The van der Waals surface area contributed by atoms with E-state index >= 15 is 0 Å². The molecule has 0 unspecified atom stereocenters. The van der Waals surface area contributed by atoms with Crippen LogP contribution in [0.5, 0.6) is 0 Å². The Labute approximate surface area is 72.2 Å². The number of nitrogens with one attached hydrogen (secondary N) is 1. The molecule has 0 aromatic heterocycles. The number of allylic oxidation sites excluding steroid dienone is 3. The van der Waals surface area contributed by atoms with E-state index < -0.39 is 0 Å². The van der Waals surface area contributed by atoms with E-state index in [-0.39, 0.29) is 11.7 Å². The van der Waals surface area contributed by atoms with E-state index in [1.165, 1.54) is 19.1 Å².